The van der Waals surface area contributed by atoms with E-state index in [0.717, 1.165) is 5.56 Å². The molecule has 3 aromatic rings. The summed E-state index contributed by atoms with van der Waals surface area (Å²) in [6.45, 7) is 0.119. The fraction of sp³-hybridized carbons (Fsp3) is 0.227. The van der Waals surface area contributed by atoms with Crippen molar-refractivity contribution < 1.29 is 27.5 Å². The molecule has 2 heterocycles. The van der Waals surface area contributed by atoms with Gasteiger partial charge in [-0.25, -0.2) is 13.1 Å². The number of hydrogen-bond acceptors (Lipinski definition) is 7. The van der Waals surface area contributed by atoms with Gasteiger partial charge in [0.25, 0.3) is 0 Å². The Kier molecular flexibility index (Phi) is 6.05. The van der Waals surface area contributed by atoms with Gasteiger partial charge < -0.3 is 20.1 Å². The zero-order chi connectivity index (χ0) is 23.6. The van der Waals surface area contributed by atoms with Crippen LogP contribution in [0.25, 0.3) is 5.69 Å². The number of carbonyl (C=O) groups excluding carboxylic acids is 2. The summed E-state index contributed by atoms with van der Waals surface area (Å²) in [5.41, 5.74) is 2.05. The van der Waals surface area contributed by atoms with Crippen LogP contribution in [-0.2, 0) is 37.5 Å². The molecule has 0 bridgehead atoms. The number of benzene rings is 2. The summed E-state index contributed by atoms with van der Waals surface area (Å²) < 4.78 is 35.9. The van der Waals surface area contributed by atoms with E-state index in [9.17, 15) is 18.0 Å². The Hall–Kier alpha value is -3.86. The first-order valence-electron chi connectivity index (χ1n) is 9.97. The van der Waals surface area contributed by atoms with Crippen LogP contribution in [0.5, 0.6) is 11.5 Å². The lowest BCUT2D eigenvalue weighted by Gasteiger charge is -2.12. The van der Waals surface area contributed by atoms with E-state index in [1.54, 1.807) is 48.5 Å². The predicted octanol–water partition coefficient (Wildman–Crippen LogP) is 1.57. The largest absolute Gasteiger partial charge is 0.497 e. The molecule has 0 fully saturated rings. The van der Waals surface area contributed by atoms with Crippen LogP contribution in [0.3, 0.4) is 0 Å². The van der Waals surface area contributed by atoms with Crippen molar-refractivity contribution in [1.82, 2.24) is 15.1 Å². The number of hydrogen-bond donors (Lipinski definition) is 2. The SMILES string of the molecule is COc1ccc(-n2nc3c(c2NC(=O)C(=O)NCc2cccc(OC)c2)CS(=O)(=O)C3)cc1. The van der Waals surface area contributed by atoms with E-state index >= 15 is 0 Å². The standard InChI is InChI=1S/C22H22N4O6S/c1-31-16-8-6-15(7-9-16)26-20(18-12-33(29,30)13-19(18)25-26)24-22(28)21(27)23-11-14-4-3-5-17(10-14)32-2/h3-10H,11-13H2,1-2H3,(H,23,27)(H,24,28). The molecule has 2 amide bonds. The van der Waals surface area contributed by atoms with E-state index in [4.69, 9.17) is 9.47 Å². The lowest BCUT2D eigenvalue weighted by Crippen LogP contribution is -2.35. The summed E-state index contributed by atoms with van der Waals surface area (Å²) in [7, 11) is -0.285. The molecule has 33 heavy (non-hydrogen) atoms. The first-order valence-corrected chi connectivity index (χ1v) is 11.8. The number of amides is 2. The van der Waals surface area contributed by atoms with Gasteiger partial charge in [0.2, 0.25) is 0 Å². The lowest BCUT2D eigenvalue weighted by atomic mass is 10.2. The maximum absolute atomic E-state index is 12.6. The van der Waals surface area contributed by atoms with Gasteiger partial charge in [-0.3, -0.25) is 9.59 Å². The van der Waals surface area contributed by atoms with Gasteiger partial charge in [0.1, 0.15) is 17.3 Å². The normalized spacial score (nSPS) is 13.8. The number of ether oxygens (including phenoxy) is 2. The van der Waals surface area contributed by atoms with E-state index < -0.39 is 21.7 Å². The molecule has 0 spiro atoms. The van der Waals surface area contributed by atoms with Gasteiger partial charge in [-0.05, 0) is 42.0 Å². The van der Waals surface area contributed by atoms with Crippen molar-refractivity contribution in [3.8, 4) is 17.2 Å². The third-order valence-corrected chi connectivity index (χ3v) is 6.57. The van der Waals surface area contributed by atoms with E-state index in [2.05, 4.69) is 15.7 Å². The molecule has 1 aliphatic rings. The number of carbonyl (C=O) groups is 2. The van der Waals surface area contributed by atoms with Gasteiger partial charge in [0.15, 0.2) is 9.84 Å². The highest BCUT2D eigenvalue weighted by atomic mass is 32.2. The van der Waals surface area contributed by atoms with Crippen molar-refractivity contribution in [2.45, 2.75) is 18.1 Å². The molecule has 1 aromatic heterocycles. The average molecular weight is 471 g/mol. The summed E-state index contributed by atoms with van der Waals surface area (Å²) in [6.07, 6.45) is 0. The Morgan fingerprint density at radius 2 is 1.73 bits per heavy atom. The molecule has 2 N–H and O–H groups in total. The average Bonchev–Trinajstić information content (AvgIpc) is 3.29. The predicted molar refractivity (Wildman–Crippen MR) is 120 cm³/mol. The minimum Gasteiger partial charge on any atom is -0.497 e. The van der Waals surface area contributed by atoms with Crippen molar-refractivity contribution >= 4 is 27.5 Å². The van der Waals surface area contributed by atoms with E-state index in [-0.39, 0.29) is 23.9 Å². The molecule has 1 aliphatic heterocycles. The quantitative estimate of drug-likeness (QED) is 0.523. The first kappa shape index (κ1) is 22.3. The van der Waals surface area contributed by atoms with Crippen molar-refractivity contribution in [2.24, 2.45) is 0 Å². The molecule has 4 rings (SSSR count). The molecule has 10 nitrogen and oxygen atoms in total. The summed E-state index contributed by atoms with van der Waals surface area (Å²) in [5, 5.41) is 9.47. The Morgan fingerprint density at radius 3 is 2.42 bits per heavy atom. The Morgan fingerprint density at radius 1 is 1.00 bits per heavy atom. The minimum atomic E-state index is -3.36. The molecule has 11 heteroatoms. The molecule has 0 radical (unpaired) electrons. The zero-order valence-electron chi connectivity index (χ0n) is 18.0. The third-order valence-electron chi connectivity index (χ3n) is 5.13. The van der Waals surface area contributed by atoms with Crippen LogP contribution in [-0.4, -0.2) is 44.2 Å². The van der Waals surface area contributed by atoms with Crippen molar-refractivity contribution in [1.29, 1.82) is 0 Å². The van der Waals surface area contributed by atoms with Crippen molar-refractivity contribution in [3.63, 3.8) is 0 Å². The number of aromatic nitrogens is 2. The van der Waals surface area contributed by atoms with Gasteiger partial charge in [-0.2, -0.15) is 5.10 Å². The minimum absolute atomic E-state index is 0.119. The van der Waals surface area contributed by atoms with Crippen LogP contribution in [0, 0.1) is 0 Å². The third kappa shape index (κ3) is 4.82. The fourth-order valence-electron chi connectivity index (χ4n) is 3.49. The number of methoxy groups -OCH3 is 2. The van der Waals surface area contributed by atoms with Crippen LogP contribution in [0.4, 0.5) is 5.82 Å². The number of nitrogens with one attached hydrogen (secondary N) is 2. The van der Waals surface area contributed by atoms with Crippen molar-refractivity contribution in [3.05, 3.63) is 65.4 Å². The molecular weight excluding hydrogens is 448 g/mol. The highest BCUT2D eigenvalue weighted by molar-refractivity contribution is 7.90. The summed E-state index contributed by atoms with van der Waals surface area (Å²) >= 11 is 0. The second kappa shape index (κ2) is 8.94. The monoisotopic (exact) mass is 470 g/mol. The molecule has 172 valence electrons. The van der Waals surface area contributed by atoms with Crippen LogP contribution < -0.4 is 20.1 Å². The maximum Gasteiger partial charge on any atom is 0.314 e. The fourth-order valence-corrected chi connectivity index (χ4v) is 4.98. The Labute approximate surface area is 190 Å². The molecular formula is C22H22N4O6S. The van der Waals surface area contributed by atoms with E-state index in [1.165, 1.54) is 18.9 Å². The number of rotatable bonds is 6. The smallest absolute Gasteiger partial charge is 0.314 e. The number of anilines is 1. The number of fused-ring (bicyclic) bond motifs is 1. The molecule has 0 unspecified atom stereocenters. The Bertz CT molecular complexity index is 1320. The van der Waals surface area contributed by atoms with Crippen LogP contribution >= 0.6 is 0 Å². The second-order valence-electron chi connectivity index (χ2n) is 7.40. The topological polar surface area (TPSA) is 129 Å². The summed E-state index contributed by atoms with van der Waals surface area (Å²) in [4.78, 5) is 25.1. The van der Waals surface area contributed by atoms with Gasteiger partial charge in [-0.1, -0.05) is 12.1 Å². The number of sulfone groups is 1. The van der Waals surface area contributed by atoms with Gasteiger partial charge in [0, 0.05) is 12.1 Å². The molecule has 0 atom stereocenters. The van der Waals surface area contributed by atoms with Gasteiger partial charge >= 0.3 is 11.8 Å². The van der Waals surface area contributed by atoms with Crippen LogP contribution in [0.2, 0.25) is 0 Å². The highest BCUT2D eigenvalue weighted by Crippen LogP contribution is 2.33. The van der Waals surface area contributed by atoms with Gasteiger partial charge in [0.05, 0.1) is 37.1 Å². The molecule has 2 aromatic carbocycles. The molecule has 0 saturated carbocycles. The number of nitrogens with zero attached hydrogens (tertiary/aromatic N) is 2. The van der Waals surface area contributed by atoms with E-state index in [0.29, 0.717) is 28.4 Å². The van der Waals surface area contributed by atoms with Crippen molar-refractivity contribution in [2.75, 3.05) is 19.5 Å². The van der Waals surface area contributed by atoms with E-state index in [1.807, 2.05) is 0 Å². The maximum atomic E-state index is 12.6. The molecule has 0 aliphatic carbocycles. The lowest BCUT2D eigenvalue weighted by molar-refractivity contribution is -0.136. The van der Waals surface area contributed by atoms with Crippen LogP contribution in [0.15, 0.2) is 48.5 Å². The summed E-state index contributed by atoms with van der Waals surface area (Å²) in [5.74, 6) is -0.877. The summed E-state index contributed by atoms with van der Waals surface area (Å²) in [6, 6.07) is 13.9. The highest BCUT2D eigenvalue weighted by Gasteiger charge is 2.33. The first-order chi connectivity index (χ1) is 15.8. The Balaban J connectivity index is 1.55. The molecule has 0 saturated heterocycles. The van der Waals surface area contributed by atoms with Gasteiger partial charge in [-0.15, -0.1) is 0 Å². The zero-order valence-corrected chi connectivity index (χ0v) is 18.8. The second-order valence-corrected chi connectivity index (χ2v) is 9.47. The van der Waals surface area contributed by atoms with Crippen LogP contribution in [0.1, 0.15) is 16.8 Å².